The molecule has 1 atom stereocenters. The Hall–Kier alpha value is -2.89. The number of pyridine rings is 2. The fourth-order valence-corrected chi connectivity index (χ4v) is 3.28. The standard InChI is InChI=1S/C22H29N5O/c1-4-11-27-14-19(7-10-22(27)28)24-13-18(12-23)20-8-9-21(26-16(20)3)25-15(2)17-5-6-17/h7-10,12-15,17,23-24H,4-6,11H2,1-3H3,(H,25,26)/b18-13+,23-12?. The molecule has 1 saturated carbocycles. The van der Waals surface area contributed by atoms with Crippen LogP contribution in [-0.4, -0.2) is 21.8 Å². The van der Waals surface area contributed by atoms with Gasteiger partial charge < -0.3 is 20.6 Å². The maximum Gasteiger partial charge on any atom is 0.250 e. The van der Waals surface area contributed by atoms with Gasteiger partial charge >= 0.3 is 0 Å². The van der Waals surface area contributed by atoms with E-state index in [4.69, 9.17) is 5.41 Å². The minimum Gasteiger partial charge on any atom is -0.367 e. The van der Waals surface area contributed by atoms with Crippen LogP contribution in [-0.2, 0) is 6.54 Å². The summed E-state index contributed by atoms with van der Waals surface area (Å²) in [6, 6.07) is 7.73. The summed E-state index contributed by atoms with van der Waals surface area (Å²) in [6.45, 7) is 6.89. The minimum atomic E-state index is -0.00721. The monoisotopic (exact) mass is 379 g/mol. The maximum absolute atomic E-state index is 11.8. The van der Waals surface area contributed by atoms with Crippen LogP contribution in [0.2, 0.25) is 0 Å². The summed E-state index contributed by atoms with van der Waals surface area (Å²) in [4.78, 5) is 16.5. The van der Waals surface area contributed by atoms with Gasteiger partial charge in [0.25, 0.3) is 5.56 Å². The van der Waals surface area contributed by atoms with Crippen LogP contribution in [0.5, 0.6) is 0 Å². The lowest BCUT2D eigenvalue weighted by molar-refractivity contribution is 0.655. The lowest BCUT2D eigenvalue weighted by atomic mass is 10.1. The number of hydrogen-bond donors (Lipinski definition) is 3. The average Bonchev–Trinajstić information content (AvgIpc) is 3.51. The number of nitrogens with zero attached hydrogens (tertiary/aromatic N) is 2. The number of aryl methyl sites for hydroxylation is 2. The summed E-state index contributed by atoms with van der Waals surface area (Å²) in [7, 11) is 0. The highest BCUT2D eigenvalue weighted by molar-refractivity contribution is 6.09. The van der Waals surface area contributed by atoms with E-state index < -0.39 is 0 Å². The summed E-state index contributed by atoms with van der Waals surface area (Å²) in [6.07, 6.45) is 8.40. The van der Waals surface area contributed by atoms with Crippen molar-refractivity contribution in [3.05, 3.63) is 58.3 Å². The number of hydrogen-bond acceptors (Lipinski definition) is 5. The third-order valence-electron chi connectivity index (χ3n) is 5.10. The van der Waals surface area contributed by atoms with E-state index in [0.717, 1.165) is 40.7 Å². The molecule has 1 fully saturated rings. The van der Waals surface area contributed by atoms with Gasteiger partial charge in [0, 0.05) is 54.1 Å². The predicted octanol–water partition coefficient (Wildman–Crippen LogP) is 4.27. The molecular weight excluding hydrogens is 350 g/mol. The molecule has 6 nitrogen and oxygen atoms in total. The van der Waals surface area contributed by atoms with Crippen molar-refractivity contribution < 1.29 is 0 Å². The first kappa shape index (κ1) is 19.9. The van der Waals surface area contributed by atoms with Crippen LogP contribution < -0.4 is 16.2 Å². The molecule has 1 aliphatic rings. The van der Waals surface area contributed by atoms with Crippen LogP contribution in [0.4, 0.5) is 11.5 Å². The van der Waals surface area contributed by atoms with Crippen LogP contribution in [0.25, 0.3) is 5.57 Å². The molecule has 2 aromatic rings. The van der Waals surface area contributed by atoms with Crippen LogP contribution in [0, 0.1) is 18.3 Å². The minimum absolute atomic E-state index is 0.00721. The third-order valence-corrected chi connectivity index (χ3v) is 5.10. The molecule has 0 spiro atoms. The van der Waals surface area contributed by atoms with Gasteiger partial charge in [0.2, 0.25) is 0 Å². The molecule has 2 aromatic heterocycles. The number of aromatic nitrogens is 2. The molecule has 2 heterocycles. The fourth-order valence-electron chi connectivity index (χ4n) is 3.28. The molecule has 0 saturated heterocycles. The number of allylic oxidation sites excluding steroid dienone is 1. The zero-order chi connectivity index (χ0) is 20.1. The van der Waals surface area contributed by atoms with E-state index >= 15 is 0 Å². The second kappa shape index (κ2) is 8.87. The summed E-state index contributed by atoms with van der Waals surface area (Å²) in [5.41, 5.74) is 3.33. The average molecular weight is 380 g/mol. The topological polar surface area (TPSA) is 82.8 Å². The van der Waals surface area contributed by atoms with Crippen molar-refractivity contribution in [1.82, 2.24) is 9.55 Å². The molecule has 0 bridgehead atoms. The quantitative estimate of drug-likeness (QED) is 0.568. The maximum atomic E-state index is 11.8. The predicted molar refractivity (Wildman–Crippen MR) is 116 cm³/mol. The van der Waals surface area contributed by atoms with Crippen LogP contribution in [0.1, 0.15) is 44.4 Å². The molecule has 0 amide bonds. The zero-order valence-corrected chi connectivity index (χ0v) is 16.8. The van der Waals surface area contributed by atoms with Gasteiger partial charge in [0.05, 0.1) is 5.69 Å². The van der Waals surface area contributed by atoms with Gasteiger partial charge in [-0.05, 0) is 57.2 Å². The van der Waals surface area contributed by atoms with Crippen molar-refractivity contribution in [1.29, 1.82) is 5.41 Å². The Morgan fingerprint density at radius 2 is 2.14 bits per heavy atom. The van der Waals surface area contributed by atoms with Gasteiger partial charge in [-0.1, -0.05) is 6.92 Å². The van der Waals surface area contributed by atoms with Gasteiger partial charge in [-0.3, -0.25) is 4.79 Å². The van der Waals surface area contributed by atoms with E-state index in [0.29, 0.717) is 12.6 Å². The van der Waals surface area contributed by atoms with Crippen molar-refractivity contribution in [2.75, 3.05) is 10.6 Å². The van der Waals surface area contributed by atoms with Gasteiger partial charge in [0.15, 0.2) is 0 Å². The highest BCUT2D eigenvalue weighted by Crippen LogP contribution is 2.33. The van der Waals surface area contributed by atoms with E-state index in [1.54, 1.807) is 29.1 Å². The number of anilines is 2. The first-order valence-electron chi connectivity index (χ1n) is 9.94. The summed E-state index contributed by atoms with van der Waals surface area (Å²) in [5.74, 6) is 1.64. The first-order chi connectivity index (χ1) is 13.5. The van der Waals surface area contributed by atoms with Crippen molar-refractivity contribution in [2.24, 2.45) is 5.92 Å². The van der Waals surface area contributed by atoms with Gasteiger partial charge in [-0.25, -0.2) is 4.98 Å². The lowest BCUT2D eigenvalue weighted by Crippen LogP contribution is -2.18. The van der Waals surface area contributed by atoms with Crippen LogP contribution in [0.15, 0.2) is 41.5 Å². The molecule has 1 aliphatic carbocycles. The molecule has 6 heteroatoms. The Balaban J connectivity index is 1.76. The molecular formula is C22H29N5O. The SMILES string of the molecule is CCCn1cc(N/C=C(\C=N)c2ccc(NC(C)C3CC3)nc2C)ccc1=O. The molecule has 3 N–H and O–H groups in total. The Kier molecular flexibility index (Phi) is 6.29. The second-order valence-corrected chi connectivity index (χ2v) is 7.44. The highest BCUT2D eigenvalue weighted by Gasteiger charge is 2.28. The largest absolute Gasteiger partial charge is 0.367 e. The van der Waals surface area contributed by atoms with E-state index in [-0.39, 0.29) is 5.56 Å². The van der Waals surface area contributed by atoms with Crippen molar-refractivity contribution in [3.63, 3.8) is 0 Å². The Morgan fingerprint density at radius 1 is 1.36 bits per heavy atom. The summed E-state index contributed by atoms with van der Waals surface area (Å²) in [5, 5.41) is 14.5. The smallest absolute Gasteiger partial charge is 0.250 e. The molecule has 148 valence electrons. The molecule has 28 heavy (non-hydrogen) atoms. The fraction of sp³-hybridized carbons (Fsp3) is 0.409. The Labute approximate surface area is 166 Å². The van der Waals surface area contributed by atoms with E-state index in [2.05, 4.69) is 22.5 Å². The van der Waals surface area contributed by atoms with E-state index in [1.165, 1.54) is 19.1 Å². The van der Waals surface area contributed by atoms with Crippen LogP contribution in [0.3, 0.4) is 0 Å². The molecule has 3 rings (SSSR count). The molecule has 1 unspecified atom stereocenters. The molecule has 0 aromatic carbocycles. The van der Waals surface area contributed by atoms with Crippen molar-refractivity contribution in [2.45, 2.75) is 52.6 Å². The van der Waals surface area contributed by atoms with Gasteiger partial charge in [-0.15, -0.1) is 0 Å². The Bertz CT molecular complexity index is 927. The zero-order valence-electron chi connectivity index (χ0n) is 16.8. The second-order valence-electron chi connectivity index (χ2n) is 7.44. The summed E-state index contributed by atoms with van der Waals surface area (Å²) < 4.78 is 1.69. The van der Waals surface area contributed by atoms with E-state index in [9.17, 15) is 4.79 Å². The van der Waals surface area contributed by atoms with Crippen LogP contribution >= 0.6 is 0 Å². The Morgan fingerprint density at radius 3 is 2.79 bits per heavy atom. The van der Waals surface area contributed by atoms with E-state index in [1.807, 2.05) is 26.0 Å². The molecule has 0 radical (unpaired) electrons. The number of rotatable bonds is 9. The number of nitrogens with one attached hydrogen (secondary N) is 3. The normalized spacial score (nSPS) is 15.2. The van der Waals surface area contributed by atoms with Crippen molar-refractivity contribution in [3.8, 4) is 0 Å². The molecule has 0 aliphatic heterocycles. The van der Waals surface area contributed by atoms with Gasteiger partial charge in [0.1, 0.15) is 5.82 Å². The van der Waals surface area contributed by atoms with Crippen molar-refractivity contribution >= 4 is 23.3 Å². The lowest BCUT2D eigenvalue weighted by Gasteiger charge is -2.15. The highest BCUT2D eigenvalue weighted by atomic mass is 16.1. The van der Waals surface area contributed by atoms with Gasteiger partial charge in [-0.2, -0.15) is 0 Å². The third kappa shape index (κ3) is 4.88. The summed E-state index contributed by atoms with van der Waals surface area (Å²) >= 11 is 0. The first-order valence-corrected chi connectivity index (χ1v) is 9.94.